The van der Waals surface area contributed by atoms with Crippen LogP contribution in [0.15, 0.2) is 30.3 Å². The number of halogens is 1. The van der Waals surface area contributed by atoms with Gasteiger partial charge in [0.25, 0.3) is 0 Å². The zero-order chi connectivity index (χ0) is 12.2. The standard InChI is InChI=1S/C13H18ClNO/c1-13(2,3)15-9-11(16)12(14)10-7-5-4-6-8-10/h4-8,12,15H,9H2,1-3H3. The monoisotopic (exact) mass is 239 g/mol. The molecule has 16 heavy (non-hydrogen) atoms. The van der Waals surface area contributed by atoms with E-state index in [4.69, 9.17) is 11.6 Å². The minimum Gasteiger partial charge on any atom is -0.305 e. The van der Waals surface area contributed by atoms with Gasteiger partial charge in [-0.3, -0.25) is 4.79 Å². The molecule has 1 aromatic carbocycles. The van der Waals surface area contributed by atoms with E-state index in [0.29, 0.717) is 6.54 Å². The van der Waals surface area contributed by atoms with E-state index in [0.717, 1.165) is 5.56 Å². The number of alkyl halides is 1. The molecule has 0 bridgehead atoms. The Morgan fingerprint density at radius 3 is 2.38 bits per heavy atom. The van der Waals surface area contributed by atoms with Crippen molar-refractivity contribution < 1.29 is 4.79 Å². The number of carbonyl (C=O) groups is 1. The second-order valence-corrected chi connectivity index (χ2v) is 5.28. The van der Waals surface area contributed by atoms with Gasteiger partial charge < -0.3 is 5.32 Å². The van der Waals surface area contributed by atoms with Gasteiger partial charge in [0, 0.05) is 5.54 Å². The van der Waals surface area contributed by atoms with E-state index in [1.165, 1.54) is 0 Å². The molecular formula is C13H18ClNO. The lowest BCUT2D eigenvalue weighted by Gasteiger charge is -2.20. The van der Waals surface area contributed by atoms with Crippen LogP contribution in [0.1, 0.15) is 31.7 Å². The smallest absolute Gasteiger partial charge is 0.168 e. The highest BCUT2D eigenvalue weighted by atomic mass is 35.5. The van der Waals surface area contributed by atoms with Crippen LogP contribution in [0.4, 0.5) is 0 Å². The third-order valence-electron chi connectivity index (χ3n) is 2.17. The first-order valence-corrected chi connectivity index (χ1v) is 5.80. The Morgan fingerprint density at radius 2 is 1.88 bits per heavy atom. The summed E-state index contributed by atoms with van der Waals surface area (Å²) in [5.74, 6) is 0.00258. The lowest BCUT2D eigenvalue weighted by Crippen LogP contribution is -2.40. The maximum Gasteiger partial charge on any atom is 0.168 e. The van der Waals surface area contributed by atoms with Crippen molar-refractivity contribution >= 4 is 17.4 Å². The lowest BCUT2D eigenvalue weighted by molar-refractivity contribution is -0.118. The van der Waals surface area contributed by atoms with Crippen LogP contribution in [0.25, 0.3) is 0 Å². The molecule has 1 unspecified atom stereocenters. The Labute approximate surface area is 102 Å². The van der Waals surface area contributed by atoms with Gasteiger partial charge in [0.15, 0.2) is 5.78 Å². The number of carbonyl (C=O) groups excluding carboxylic acids is 1. The number of rotatable bonds is 4. The summed E-state index contributed by atoms with van der Waals surface area (Å²) >= 11 is 6.10. The van der Waals surface area contributed by atoms with E-state index >= 15 is 0 Å². The molecule has 0 fully saturated rings. The normalized spacial score (nSPS) is 13.5. The predicted molar refractivity (Wildman–Crippen MR) is 67.8 cm³/mol. The number of ketones is 1. The van der Waals surface area contributed by atoms with E-state index in [9.17, 15) is 4.79 Å². The van der Waals surface area contributed by atoms with Crippen LogP contribution in [0.5, 0.6) is 0 Å². The van der Waals surface area contributed by atoms with Crippen LogP contribution in [0.3, 0.4) is 0 Å². The fraction of sp³-hybridized carbons (Fsp3) is 0.462. The second-order valence-electron chi connectivity index (χ2n) is 4.84. The van der Waals surface area contributed by atoms with Gasteiger partial charge in [0.1, 0.15) is 5.38 Å². The fourth-order valence-electron chi connectivity index (χ4n) is 1.25. The molecule has 0 aliphatic rings. The van der Waals surface area contributed by atoms with Gasteiger partial charge in [-0.25, -0.2) is 0 Å². The van der Waals surface area contributed by atoms with E-state index in [1.807, 2.05) is 51.1 Å². The van der Waals surface area contributed by atoms with Gasteiger partial charge in [-0.15, -0.1) is 11.6 Å². The third-order valence-corrected chi connectivity index (χ3v) is 2.66. The molecule has 0 spiro atoms. The molecule has 0 aliphatic heterocycles. The second kappa shape index (κ2) is 5.46. The van der Waals surface area contributed by atoms with E-state index in [-0.39, 0.29) is 11.3 Å². The van der Waals surface area contributed by atoms with Crippen LogP contribution < -0.4 is 5.32 Å². The van der Waals surface area contributed by atoms with Crippen molar-refractivity contribution in [2.45, 2.75) is 31.7 Å². The summed E-state index contributed by atoms with van der Waals surface area (Å²) in [5, 5.41) is 2.58. The lowest BCUT2D eigenvalue weighted by atomic mass is 10.1. The van der Waals surface area contributed by atoms with Gasteiger partial charge in [0.05, 0.1) is 6.54 Å². The maximum absolute atomic E-state index is 11.8. The molecule has 0 radical (unpaired) electrons. The van der Waals surface area contributed by atoms with E-state index in [2.05, 4.69) is 5.32 Å². The number of nitrogens with one attached hydrogen (secondary N) is 1. The Morgan fingerprint density at radius 1 is 1.31 bits per heavy atom. The van der Waals surface area contributed by atoms with E-state index < -0.39 is 5.38 Å². The Kier molecular flexibility index (Phi) is 4.51. The van der Waals surface area contributed by atoms with Crippen molar-refractivity contribution in [3.8, 4) is 0 Å². The van der Waals surface area contributed by atoms with Crippen LogP contribution in [-0.4, -0.2) is 17.9 Å². The van der Waals surface area contributed by atoms with Crippen LogP contribution in [-0.2, 0) is 4.79 Å². The molecule has 1 rings (SSSR count). The maximum atomic E-state index is 11.8. The Balaban J connectivity index is 2.55. The topological polar surface area (TPSA) is 29.1 Å². The number of Topliss-reactive ketones (excluding diaryl/α,β-unsaturated/α-hetero) is 1. The van der Waals surface area contributed by atoms with Gasteiger partial charge >= 0.3 is 0 Å². The van der Waals surface area contributed by atoms with Gasteiger partial charge in [0.2, 0.25) is 0 Å². The summed E-state index contributed by atoms with van der Waals surface area (Å²) in [6, 6.07) is 9.41. The highest BCUT2D eigenvalue weighted by molar-refractivity contribution is 6.31. The van der Waals surface area contributed by atoms with Gasteiger partial charge in [-0.1, -0.05) is 30.3 Å². The number of benzene rings is 1. The molecule has 0 saturated carbocycles. The Hall–Kier alpha value is -0.860. The SMILES string of the molecule is CC(C)(C)NCC(=O)C(Cl)c1ccccc1. The summed E-state index contributed by atoms with van der Waals surface area (Å²) < 4.78 is 0. The molecule has 2 nitrogen and oxygen atoms in total. The van der Waals surface area contributed by atoms with Crippen molar-refractivity contribution in [2.24, 2.45) is 0 Å². The minimum absolute atomic E-state index is 0.00258. The zero-order valence-electron chi connectivity index (χ0n) is 9.96. The first kappa shape index (κ1) is 13.2. The third kappa shape index (κ3) is 4.33. The molecule has 0 amide bonds. The highest BCUT2D eigenvalue weighted by Gasteiger charge is 2.19. The molecule has 88 valence electrons. The minimum atomic E-state index is -0.559. The van der Waals surface area contributed by atoms with E-state index in [1.54, 1.807) is 0 Å². The van der Waals surface area contributed by atoms with Crippen LogP contribution in [0, 0.1) is 0 Å². The van der Waals surface area contributed by atoms with Crippen molar-refractivity contribution in [3.63, 3.8) is 0 Å². The quantitative estimate of drug-likeness (QED) is 0.819. The molecule has 1 atom stereocenters. The first-order chi connectivity index (χ1) is 7.40. The molecular weight excluding hydrogens is 222 g/mol. The number of hydrogen-bond acceptors (Lipinski definition) is 2. The summed E-state index contributed by atoms with van der Waals surface area (Å²) in [5.41, 5.74) is 0.785. The summed E-state index contributed by atoms with van der Waals surface area (Å²) in [6.07, 6.45) is 0. The first-order valence-electron chi connectivity index (χ1n) is 5.37. The highest BCUT2D eigenvalue weighted by Crippen LogP contribution is 2.20. The predicted octanol–water partition coefficient (Wildman–Crippen LogP) is 2.92. The summed E-state index contributed by atoms with van der Waals surface area (Å²) in [6.45, 7) is 6.36. The average molecular weight is 240 g/mol. The molecule has 1 aromatic rings. The molecule has 3 heteroatoms. The fourth-order valence-corrected chi connectivity index (χ4v) is 1.47. The van der Waals surface area contributed by atoms with Crippen LogP contribution in [0.2, 0.25) is 0 Å². The largest absolute Gasteiger partial charge is 0.305 e. The number of hydrogen-bond donors (Lipinski definition) is 1. The molecule has 0 heterocycles. The van der Waals surface area contributed by atoms with Crippen molar-refractivity contribution in [2.75, 3.05) is 6.54 Å². The van der Waals surface area contributed by atoms with Gasteiger partial charge in [-0.05, 0) is 26.3 Å². The average Bonchev–Trinajstić information content (AvgIpc) is 2.25. The molecule has 0 aromatic heterocycles. The molecule has 0 saturated heterocycles. The Bertz CT molecular complexity index is 343. The van der Waals surface area contributed by atoms with Crippen molar-refractivity contribution in [3.05, 3.63) is 35.9 Å². The summed E-state index contributed by atoms with van der Waals surface area (Å²) in [4.78, 5) is 11.8. The molecule has 0 aliphatic carbocycles. The zero-order valence-corrected chi connectivity index (χ0v) is 10.7. The van der Waals surface area contributed by atoms with Crippen molar-refractivity contribution in [1.29, 1.82) is 0 Å². The van der Waals surface area contributed by atoms with Crippen molar-refractivity contribution in [1.82, 2.24) is 5.32 Å². The summed E-state index contributed by atoms with van der Waals surface area (Å²) in [7, 11) is 0. The van der Waals surface area contributed by atoms with Gasteiger partial charge in [-0.2, -0.15) is 0 Å². The molecule has 1 N–H and O–H groups in total. The van der Waals surface area contributed by atoms with Crippen LogP contribution >= 0.6 is 11.6 Å².